The van der Waals surface area contributed by atoms with E-state index >= 15 is 0 Å². The van der Waals surface area contributed by atoms with Gasteiger partial charge in [-0.1, -0.05) is 42.5 Å². The molecule has 0 bridgehead atoms. The van der Waals surface area contributed by atoms with Gasteiger partial charge in [0, 0.05) is 22.4 Å². The zero-order chi connectivity index (χ0) is 26.0. The fraction of sp³-hybridized carbons (Fsp3) is 0.423. The van der Waals surface area contributed by atoms with E-state index in [0.717, 1.165) is 0 Å². The summed E-state index contributed by atoms with van der Waals surface area (Å²) in [6, 6.07) is 12.6. The van der Waals surface area contributed by atoms with Crippen LogP contribution in [0.5, 0.6) is 5.75 Å². The standard InChI is InChI=1S/C26H33N3O5S/c1-16-18(11-8-12-21(16)30)22(31)19(13-17-9-6-5-7-10-17)26(27,34)24(33)29-15-35-14-20(29)23(32)28-25(2,3)4/h5-12,19-20,30,34H,13-15,27H2,1-4H3,(H,28,32)/t19-,20+,26+/m1/s1. The Labute approximate surface area is 209 Å². The van der Waals surface area contributed by atoms with Crippen LogP contribution in [0.3, 0.4) is 0 Å². The van der Waals surface area contributed by atoms with Crippen LogP contribution in [0.2, 0.25) is 0 Å². The average Bonchev–Trinajstić information content (AvgIpc) is 3.28. The molecule has 2 aromatic carbocycles. The number of thioether (sulfide) groups is 1. The molecule has 1 heterocycles. The highest BCUT2D eigenvalue weighted by molar-refractivity contribution is 7.99. The lowest BCUT2D eigenvalue weighted by Crippen LogP contribution is -2.64. The van der Waals surface area contributed by atoms with Crippen LogP contribution in [0.25, 0.3) is 0 Å². The molecule has 2 amide bonds. The third-order valence-corrected chi connectivity index (χ3v) is 7.00. The minimum absolute atomic E-state index is 0.00660. The first-order chi connectivity index (χ1) is 16.3. The van der Waals surface area contributed by atoms with Gasteiger partial charge in [-0.15, -0.1) is 11.8 Å². The van der Waals surface area contributed by atoms with Crippen LogP contribution in [0.15, 0.2) is 48.5 Å². The van der Waals surface area contributed by atoms with Crippen molar-refractivity contribution in [3.8, 4) is 5.75 Å². The zero-order valence-electron chi connectivity index (χ0n) is 20.4. The van der Waals surface area contributed by atoms with Crippen molar-refractivity contribution in [1.82, 2.24) is 10.2 Å². The number of rotatable bonds is 7. The van der Waals surface area contributed by atoms with Gasteiger partial charge >= 0.3 is 0 Å². The van der Waals surface area contributed by atoms with Gasteiger partial charge in [0.25, 0.3) is 5.91 Å². The van der Waals surface area contributed by atoms with Crippen molar-refractivity contribution in [3.05, 3.63) is 65.2 Å². The summed E-state index contributed by atoms with van der Waals surface area (Å²) in [6.45, 7) is 7.10. The smallest absolute Gasteiger partial charge is 0.271 e. The number of phenols is 1. The number of hydrogen-bond donors (Lipinski definition) is 4. The van der Waals surface area contributed by atoms with Crippen molar-refractivity contribution < 1.29 is 24.6 Å². The van der Waals surface area contributed by atoms with Gasteiger partial charge in [-0.25, -0.2) is 0 Å². The highest BCUT2D eigenvalue weighted by Gasteiger charge is 2.50. The number of aromatic hydroxyl groups is 1. The topological polar surface area (TPSA) is 133 Å². The number of carbonyl (C=O) groups is 3. The summed E-state index contributed by atoms with van der Waals surface area (Å²) in [7, 11) is 0. The van der Waals surface area contributed by atoms with E-state index in [1.807, 2.05) is 26.8 Å². The maximum Gasteiger partial charge on any atom is 0.271 e. The summed E-state index contributed by atoms with van der Waals surface area (Å²) in [5.41, 5.74) is 4.40. The molecule has 1 aliphatic rings. The largest absolute Gasteiger partial charge is 0.508 e. The van der Waals surface area contributed by atoms with Gasteiger partial charge in [0.2, 0.25) is 11.6 Å². The first kappa shape index (κ1) is 26.7. The Morgan fingerprint density at radius 1 is 1.14 bits per heavy atom. The quantitative estimate of drug-likeness (QED) is 0.339. The highest BCUT2D eigenvalue weighted by Crippen LogP contribution is 2.31. The van der Waals surface area contributed by atoms with Crippen LogP contribution in [-0.2, 0) is 16.0 Å². The first-order valence-corrected chi connectivity index (χ1v) is 12.6. The van der Waals surface area contributed by atoms with Crippen molar-refractivity contribution in [3.63, 3.8) is 0 Å². The minimum atomic E-state index is -2.59. The normalized spacial score (nSPS) is 18.6. The molecule has 35 heavy (non-hydrogen) atoms. The molecule has 8 nitrogen and oxygen atoms in total. The summed E-state index contributed by atoms with van der Waals surface area (Å²) in [5, 5.41) is 24.4. The maximum atomic E-state index is 13.7. The number of nitrogens with two attached hydrogens (primary N) is 1. The Morgan fingerprint density at radius 3 is 2.43 bits per heavy atom. The third kappa shape index (κ3) is 6.04. The van der Waals surface area contributed by atoms with E-state index in [1.165, 1.54) is 34.9 Å². The lowest BCUT2D eigenvalue weighted by molar-refractivity contribution is -0.158. The van der Waals surface area contributed by atoms with Crippen LogP contribution in [0, 0.1) is 12.8 Å². The molecule has 3 rings (SSSR count). The lowest BCUT2D eigenvalue weighted by Gasteiger charge is -2.36. The number of nitrogens with one attached hydrogen (secondary N) is 1. The van der Waals surface area contributed by atoms with E-state index < -0.39 is 34.9 Å². The maximum absolute atomic E-state index is 13.7. The second-order valence-electron chi connectivity index (χ2n) is 9.91. The third-order valence-electron chi connectivity index (χ3n) is 5.99. The van der Waals surface area contributed by atoms with E-state index in [9.17, 15) is 24.6 Å². The van der Waals surface area contributed by atoms with Crippen LogP contribution >= 0.6 is 11.8 Å². The molecule has 2 aromatic rings. The summed E-state index contributed by atoms with van der Waals surface area (Å²) < 4.78 is 0. The molecule has 0 saturated carbocycles. The van der Waals surface area contributed by atoms with Gasteiger partial charge in [0.15, 0.2) is 5.78 Å². The Kier molecular flexibility index (Phi) is 7.93. The lowest BCUT2D eigenvalue weighted by atomic mass is 9.81. The minimum Gasteiger partial charge on any atom is -0.508 e. The number of ketones is 1. The van der Waals surface area contributed by atoms with Crippen LogP contribution in [0.1, 0.15) is 42.3 Å². The Balaban J connectivity index is 1.97. The molecule has 5 N–H and O–H groups in total. The fourth-order valence-electron chi connectivity index (χ4n) is 4.07. The van der Waals surface area contributed by atoms with Crippen molar-refractivity contribution >= 4 is 29.4 Å². The number of amides is 2. The Bertz CT molecular complexity index is 1100. The fourth-order valence-corrected chi connectivity index (χ4v) is 5.22. The van der Waals surface area contributed by atoms with Crippen LogP contribution < -0.4 is 11.1 Å². The summed E-state index contributed by atoms with van der Waals surface area (Å²) in [5.74, 6) is -2.70. The zero-order valence-corrected chi connectivity index (χ0v) is 21.3. The van der Waals surface area contributed by atoms with Gasteiger partial charge in [-0.3, -0.25) is 20.1 Å². The Hall–Kier alpha value is -2.88. The van der Waals surface area contributed by atoms with E-state index in [0.29, 0.717) is 16.9 Å². The molecule has 3 atom stereocenters. The predicted molar refractivity (Wildman–Crippen MR) is 136 cm³/mol. The second kappa shape index (κ2) is 10.4. The van der Waals surface area contributed by atoms with Crippen molar-refractivity contribution in [1.29, 1.82) is 0 Å². The predicted octanol–water partition coefficient (Wildman–Crippen LogP) is 2.21. The highest BCUT2D eigenvalue weighted by atomic mass is 32.2. The molecule has 9 heteroatoms. The van der Waals surface area contributed by atoms with Gasteiger partial charge in [0.1, 0.15) is 11.8 Å². The van der Waals surface area contributed by atoms with Crippen LogP contribution in [0.4, 0.5) is 0 Å². The number of benzene rings is 2. The van der Waals surface area contributed by atoms with Crippen molar-refractivity contribution in [2.45, 2.75) is 51.4 Å². The molecule has 1 aliphatic heterocycles. The van der Waals surface area contributed by atoms with Crippen LogP contribution in [-0.4, -0.2) is 61.6 Å². The molecule has 0 aromatic heterocycles. The van der Waals surface area contributed by atoms with Crippen molar-refractivity contribution in [2.75, 3.05) is 11.6 Å². The van der Waals surface area contributed by atoms with Crippen molar-refractivity contribution in [2.24, 2.45) is 11.7 Å². The molecule has 1 fully saturated rings. The number of hydrogen-bond acceptors (Lipinski definition) is 7. The molecule has 188 valence electrons. The number of phenolic OH excluding ortho intramolecular Hbond substituents is 1. The SMILES string of the molecule is Cc1c(O)cccc1C(=O)[C@@H](Cc1ccccc1)[C@](N)(O)C(=O)N1CSC[C@H]1C(=O)NC(C)(C)C. The molecular formula is C26H33N3O5S. The number of aliphatic hydroxyl groups is 1. The molecular weight excluding hydrogens is 466 g/mol. The summed E-state index contributed by atoms with van der Waals surface area (Å²) in [6.07, 6.45) is -0.00660. The van der Waals surface area contributed by atoms with E-state index in [-0.39, 0.29) is 29.5 Å². The average molecular weight is 500 g/mol. The first-order valence-electron chi connectivity index (χ1n) is 11.4. The van der Waals surface area contributed by atoms with Gasteiger partial charge in [0.05, 0.1) is 11.8 Å². The second-order valence-corrected chi connectivity index (χ2v) is 10.9. The van der Waals surface area contributed by atoms with Gasteiger partial charge in [-0.05, 0) is 45.7 Å². The number of carbonyl (C=O) groups excluding carboxylic acids is 3. The molecule has 0 radical (unpaired) electrons. The van der Waals surface area contributed by atoms with Gasteiger partial charge in [-0.2, -0.15) is 0 Å². The van der Waals surface area contributed by atoms with E-state index in [1.54, 1.807) is 31.2 Å². The number of Topliss-reactive ketones (excluding diaryl/α,β-unsaturated/α-hetero) is 1. The van der Waals surface area contributed by atoms with E-state index in [2.05, 4.69) is 5.32 Å². The molecule has 0 aliphatic carbocycles. The molecule has 0 unspecified atom stereocenters. The van der Waals surface area contributed by atoms with Gasteiger partial charge < -0.3 is 20.4 Å². The van der Waals surface area contributed by atoms with E-state index in [4.69, 9.17) is 5.73 Å². The molecule has 1 saturated heterocycles. The summed E-state index contributed by atoms with van der Waals surface area (Å²) in [4.78, 5) is 41.4. The summed E-state index contributed by atoms with van der Waals surface area (Å²) >= 11 is 1.37. The number of nitrogens with zero attached hydrogens (tertiary/aromatic N) is 1. The Morgan fingerprint density at radius 2 is 1.80 bits per heavy atom. The monoisotopic (exact) mass is 499 g/mol. The molecule has 0 spiro atoms.